The number of fused-ring (bicyclic) bond motifs is 1. The van der Waals surface area contributed by atoms with Crippen molar-refractivity contribution in [1.29, 1.82) is 0 Å². The summed E-state index contributed by atoms with van der Waals surface area (Å²) in [6.07, 6.45) is 0.957. The molecule has 1 N–H and O–H groups in total. The zero-order chi connectivity index (χ0) is 16.2. The van der Waals surface area contributed by atoms with Crippen LogP contribution in [0.5, 0.6) is 11.5 Å². The van der Waals surface area contributed by atoms with Crippen molar-refractivity contribution in [1.82, 2.24) is 0 Å². The van der Waals surface area contributed by atoms with Crippen molar-refractivity contribution in [3.8, 4) is 11.5 Å². The molecule has 3 rings (SSSR count). The fourth-order valence-electron chi connectivity index (χ4n) is 2.39. The van der Waals surface area contributed by atoms with Crippen LogP contribution in [0, 0.1) is 0 Å². The number of Topliss-reactive ketones (excluding diaryl/α,β-unsaturated/α-hetero) is 1. The zero-order valence-corrected chi connectivity index (χ0v) is 12.8. The molecule has 23 heavy (non-hydrogen) atoms. The number of carbonyl (C=O) groups excluding carboxylic acids is 2. The molecule has 2 aromatic carbocycles. The summed E-state index contributed by atoms with van der Waals surface area (Å²) in [6, 6.07) is 12.6. The Morgan fingerprint density at radius 3 is 2.74 bits per heavy atom. The Bertz CT molecular complexity index is 754. The molecule has 5 heteroatoms. The molecule has 1 aliphatic rings. The van der Waals surface area contributed by atoms with E-state index in [2.05, 4.69) is 5.32 Å². The van der Waals surface area contributed by atoms with Crippen LogP contribution in [0.2, 0.25) is 0 Å². The number of aryl methyl sites for hydroxylation is 1. The zero-order valence-electron chi connectivity index (χ0n) is 12.8. The van der Waals surface area contributed by atoms with E-state index < -0.39 is 0 Å². The Morgan fingerprint density at radius 1 is 1.09 bits per heavy atom. The van der Waals surface area contributed by atoms with Crippen LogP contribution in [-0.2, 0) is 11.2 Å². The van der Waals surface area contributed by atoms with Gasteiger partial charge in [0, 0.05) is 17.7 Å². The Kier molecular flexibility index (Phi) is 4.28. The van der Waals surface area contributed by atoms with Gasteiger partial charge in [0.25, 0.3) is 0 Å². The first-order valence-electron chi connectivity index (χ1n) is 7.41. The molecule has 0 unspecified atom stereocenters. The minimum atomic E-state index is -0.0941. The highest BCUT2D eigenvalue weighted by atomic mass is 16.7. The monoisotopic (exact) mass is 311 g/mol. The third-order valence-electron chi connectivity index (χ3n) is 3.63. The Morgan fingerprint density at radius 2 is 1.91 bits per heavy atom. The highest BCUT2D eigenvalue weighted by molar-refractivity contribution is 5.97. The predicted octanol–water partition coefficient (Wildman–Crippen LogP) is 3.19. The lowest BCUT2D eigenvalue weighted by Crippen LogP contribution is -2.12. The van der Waals surface area contributed by atoms with E-state index in [0.717, 1.165) is 17.1 Å². The van der Waals surface area contributed by atoms with Crippen LogP contribution in [0.4, 0.5) is 5.69 Å². The number of hydrogen-bond acceptors (Lipinski definition) is 4. The molecular formula is C18H17NO4. The quantitative estimate of drug-likeness (QED) is 0.861. The van der Waals surface area contributed by atoms with Gasteiger partial charge < -0.3 is 14.8 Å². The predicted molar refractivity (Wildman–Crippen MR) is 86.0 cm³/mol. The summed E-state index contributed by atoms with van der Waals surface area (Å²) in [5, 5.41) is 2.81. The molecule has 0 saturated carbocycles. The number of anilines is 1. The summed E-state index contributed by atoms with van der Waals surface area (Å²) >= 11 is 0. The minimum absolute atomic E-state index is 0.0264. The van der Waals surface area contributed by atoms with Crippen molar-refractivity contribution in [2.75, 3.05) is 12.1 Å². The molecule has 0 radical (unpaired) electrons. The van der Waals surface area contributed by atoms with E-state index in [9.17, 15) is 9.59 Å². The second-order valence-electron chi connectivity index (χ2n) is 5.37. The van der Waals surface area contributed by atoms with Gasteiger partial charge in [-0.1, -0.05) is 18.2 Å². The molecule has 1 aliphatic heterocycles. The second kappa shape index (κ2) is 6.52. The van der Waals surface area contributed by atoms with Crippen molar-refractivity contribution < 1.29 is 19.1 Å². The lowest BCUT2D eigenvalue weighted by molar-refractivity contribution is -0.116. The third-order valence-corrected chi connectivity index (χ3v) is 3.63. The van der Waals surface area contributed by atoms with Gasteiger partial charge in [0.05, 0.1) is 0 Å². The lowest BCUT2D eigenvalue weighted by atomic mass is 10.1. The molecule has 0 atom stereocenters. The summed E-state index contributed by atoms with van der Waals surface area (Å²) in [6.45, 7) is 1.74. The molecule has 118 valence electrons. The maximum absolute atomic E-state index is 12.0. The molecule has 0 fully saturated rings. The van der Waals surface area contributed by atoms with E-state index in [1.807, 2.05) is 18.2 Å². The average molecular weight is 311 g/mol. The fraction of sp³-hybridized carbons (Fsp3) is 0.222. The van der Waals surface area contributed by atoms with E-state index in [0.29, 0.717) is 24.1 Å². The van der Waals surface area contributed by atoms with Gasteiger partial charge in [-0.15, -0.1) is 0 Å². The van der Waals surface area contributed by atoms with Crippen molar-refractivity contribution in [2.45, 2.75) is 19.8 Å². The van der Waals surface area contributed by atoms with Crippen LogP contribution in [0.3, 0.4) is 0 Å². The first-order chi connectivity index (χ1) is 11.1. The first kappa shape index (κ1) is 15.1. The molecule has 0 bridgehead atoms. The number of benzene rings is 2. The molecule has 0 aliphatic carbocycles. The van der Waals surface area contributed by atoms with Crippen LogP contribution >= 0.6 is 0 Å². The Hall–Kier alpha value is -2.82. The summed E-state index contributed by atoms with van der Waals surface area (Å²) in [5.74, 6) is 1.33. The van der Waals surface area contributed by atoms with E-state index in [-0.39, 0.29) is 18.5 Å². The number of nitrogens with one attached hydrogen (secondary N) is 1. The maximum atomic E-state index is 12.0. The first-order valence-corrected chi connectivity index (χ1v) is 7.41. The summed E-state index contributed by atoms with van der Waals surface area (Å²) in [4.78, 5) is 23.4. The fourth-order valence-corrected chi connectivity index (χ4v) is 2.39. The second-order valence-corrected chi connectivity index (χ2v) is 5.37. The number of ether oxygens (including phenoxy) is 2. The number of carbonyl (C=O) groups is 2. The van der Waals surface area contributed by atoms with Gasteiger partial charge in [-0.25, -0.2) is 0 Å². The topological polar surface area (TPSA) is 64.6 Å². The van der Waals surface area contributed by atoms with Gasteiger partial charge in [0.2, 0.25) is 12.7 Å². The van der Waals surface area contributed by atoms with Crippen LogP contribution in [0.1, 0.15) is 29.3 Å². The molecule has 0 spiro atoms. The smallest absolute Gasteiger partial charge is 0.231 e. The van der Waals surface area contributed by atoms with Gasteiger partial charge >= 0.3 is 0 Å². The molecule has 2 aromatic rings. The van der Waals surface area contributed by atoms with Gasteiger partial charge in [-0.3, -0.25) is 9.59 Å². The summed E-state index contributed by atoms with van der Waals surface area (Å²) < 4.78 is 10.6. The number of hydrogen-bond donors (Lipinski definition) is 1. The van der Waals surface area contributed by atoms with Crippen molar-refractivity contribution in [2.24, 2.45) is 0 Å². The highest BCUT2D eigenvalue weighted by Crippen LogP contribution is 2.32. The van der Waals surface area contributed by atoms with E-state index in [4.69, 9.17) is 9.47 Å². The summed E-state index contributed by atoms with van der Waals surface area (Å²) in [5.41, 5.74) is 2.23. The van der Waals surface area contributed by atoms with Crippen LogP contribution in [0.25, 0.3) is 0 Å². The number of amides is 1. The molecular weight excluding hydrogens is 294 g/mol. The molecule has 5 nitrogen and oxygen atoms in total. The molecule has 0 aromatic heterocycles. The Balaban J connectivity index is 1.57. The van der Waals surface area contributed by atoms with Crippen molar-refractivity contribution in [3.63, 3.8) is 0 Å². The van der Waals surface area contributed by atoms with E-state index in [1.54, 1.807) is 24.3 Å². The van der Waals surface area contributed by atoms with Gasteiger partial charge in [0.1, 0.15) is 0 Å². The minimum Gasteiger partial charge on any atom is -0.454 e. The molecule has 1 heterocycles. The van der Waals surface area contributed by atoms with Crippen LogP contribution in [-0.4, -0.2) is 18.5 Å². The normalized spacial score (nSPS) is 12.0. The standard InChI is InChI=1S/C18H17NO4/c1-12(20)14-3-2-4-15(10-14)19-18(21)8-6-13-5-7-16-17(9-13)23-11-22-16/h2-5,7,9-10H,6,8,11H2,1H3,(H,19,21). The van der Waals surface area contributed by atoms with E-state index in [1.165, 1.54) is 6.92 Å². The van der Waals surface area contributed by atoms with E-state index >= 15 is 0 Å². The highest BCUT2D eigenvalue weighted by Gasteiger charge is 2.13. The van der Waals surface area contributed by atoms with Gasteiger partial charge in [-0.2, -0.15) is 0 Å². The maximum Gasteiger partial charge on any atom is 0.231 e. The third kappa shape index (κ3) is 3.69. The largest absolute Gasteiger partial charge is 0.454 e. The van der Waals surface area contributed by atoms with Crippen molar-refractivity contribution >= 4 is 17.4 Å². The van der Waals surface area contributed by atoms with Crippen LogP contribution < -0.4 is 14.8 Å². The molecule has 0 saturated heterocycles. The SMILES string of the molecule is CC(=O)c1cccc(NC(=O)CCc2ccc3c(c2)OCO3)c1. The van der Waals surface area contributed by atoms with Gasteiger partial charge in [0.15, 0.2) is 17.3 Å². The number of ketones is 1. The van der Waals surface area contributed by atoms with Crippen molar-refractivity contribution in [3.05, 3.63) is 53.6 Å². The Labute approximate surface area is 134 Å². The average Bonchev–Trinajstić information content (AvgIpc) is 3.01. The summed E-state index contributed by atoms with van der Waals surface area (Å²) in [7, 11) is 0. The van der Waals surface area contributed by atoms with Crippen LogP contribution in [0.15, 0.2) is 42.5 Å². The molecule has 1 amide bonds. The lowest BCUT2D eigenvalue weighted by Gasteiger charge is -2.07. The van der Waals surface area contributed by atoms with Gasteiger partial charge in [-0.05, 0) is 43.2 Å². The number of rotatable bonds is 5.